The Morgan fingerprint density at radius 3 is 2.82 bits per heavy atom. The average Bonchev–Trinajstić information content (AvgIpc) is 2.77. The lowest BCUT2D eigenvalue weighted by Crippen LogP contribution is -2.38. The third kappa shape index (κ3) is 3.87. The van der Waals surface area contributed by atoms with Crippen molar-refractivity contribution in [3.63, 3.8) is 0 Å². The molecule has 0 saturated carbocycles. The fourth-order valence-corrected chi connectivity index (χ4v) is 1.30. The van der Waals surface area contributed by atoms with Gasteiger partial charge >= 0.3 is 0 Å². The van der Waals surface area contributed by atoms with Gasteiger partial charge in [-0.05, 0) is 25.0 Å². The Labute approximate surface area is 101 Å². The van der Waals surface area contributed by atoms with Crippen LogP contribution in [-0.2, 0) is 11.3 Å². The molecule has 1 rings (SSSR count). The van der Waals surface area contributed by atoms with Gasteiger partial charge in [-0.1, -0.05) is 6.92 Å². The number of carbonyl (C=O) groups is 1. The SMILES string of the molecule is COCc1ccc(C(=O)NC(C)C(C)CO)o1. The Balaban J connectivity index is 2.57. The highest BCUT2D eigenvalue weighted by atomic mass is 16.5. The van der Waals surface area contributed by atoms with Gasteiger partial charge in [0, 0.05) is 19.8 Å². The van der Waals surface area contributed by atoms with Gasteiger partial charge in [0.05, 0.1) is 0 Å². The Morgan fingerprint density at radius 2 is 2.24 bits per heavy atom. The first-order valence-corrected chi connectivity index (χ1v) is 5.57. The molecule has 1 amide bonds. The maximum absolute atomic E-state index is 11.8. The van der Waals surface area contributed by atoms with E-state index in [0.717, 1.165) is 0 Å². The lowest BCUT2D eigenvalue weighted by Gasteiger charge is -2.18. The summed E-state index contributed by atoms with van der Waals surface area (Å²) in [5, 5.41) is 11.7. The molecule has 0 fully saturated rings. The zero-order valence-electron chi connectivity index (χ0n) is 10.4. The van der Waals surface area contributed by atoms with Gasteiger partial charge in [0.1, 0.15) is 12.4 Å². The minimum absolute atomic E-state index is 0.00681. The van der Waals surface area contributed by atoms with Crippen LogP contribution in [0.4, 0.5) is 0 Å². The van der Waals surface area contributed by atoms with E-state index in [1.165, 1.54) is 0 Å². The molecule has 17 heavy (non-hydrogen) atoms. The Morgan fingerprint density at radius 1 is 1.53 bits per heavy atom. The smallest absolute Gasteiger partial charge is 0.287 e. The summed E-state index contributed by atoms with van der Waals surface area (Å²) in [6.07, 6.45) is 0. The number of hydrogen-bond acceptors (Lipinski definition) is 4. The molecule has 0 bridgehead atoms. The number of rotatable bonds is 6. The molecule has 1 heterocycles. The van der Waals surface area contributed by atoms with Gasteiger partial charge in [0.15, 0.2) is 5.76 Å². The second-order valence-corrected chi connectivity index (χ2v) is 4.12. The molecule has 0 spiro atoms. The molecule has 2 atom stereocenters. The van der Waals surface area contributed by atoms with Crippen molar-refractivity contribution in [2.75, 3.05) is 13.7 Å². The molecule has 0 aliphatic rings. The number of aliphatic hydroxyl groups is 1. The molecule has 0 aliphatic heterocycles. The highest BCUT2D eigenvalue weighted by Crippen LogP contribution is 2.10. The molecule has 0 aromatic carbocycles. The van der Waals surface area contributed by atoms with Crippen molar-refractivity contribution in [2.24, 2.45) is 5.92 Å². The van der Waals surface area contributed by atoms with Crippen molar-refractivity contribution in [1.29, 1.82) is 0 Å². The molecule has 1 aromatic rings. The van der Waals surface area contributed by atoms with Gasteiger partial charge in [-0.15, -0.1) is 0 Å². The quantitative estimate of drug-likeness (QED) is 0.784. The van der Waals surface area contributed by atoms with Gasteiger partial charge in [-0.3, -0.25) is 4.79 Å². The zero-order valence-corrected chi connectivity index (χ0v) is 10.4. The van der Waals surface area contributed by atoms with E-state index in [1.807, 2.05) is 13.8 Å². The van der Waals surface area contributed by atoms with Crippen molar-refractivity contribution < 1.29 is 19.1 Å². The number of aliphatic hydroxyl groups excluding tert-OH is 1. The molecular formula is C12H19NO4. The van der Waals surface area contributed by atoms with Crippen LogP contribution < -0.4 is 5.32 Å². The summed E-state index contributed by atoms with van der Waals surface area (Å²) < 4.78 is 10.2. The number of hydrogen-bond donors (Lipinski definition) is 2. The molecule has 2 unspecified atom stereocenters. The van der Waals surface area contributed by atoms with Crippen molar-refractivity contribution in [1.82, 2.24) is 5.32 Å². The standard InChI is InChI=1S/C12H19NO4/c1-8(6-14)9(2)13-12(15)11-5-4-10(17-11)7-16-3/h4-5,8-9,14H,6-7H2,1-3H3,(H,13,15). The molecule has 0 saturated heterocycles. The third-order valence-corrected chi connectivity index (χ3v) is 2.67. The van der Waals surface area contributed by atoms with Crippen molar-refractivity contribution in [3.8, 4) is 0 Å². The minimum atomic E-state index is -0.278. The third-order valence-electron chi connectivity index (χ3n) is 2.67. The topological polar surface area (TPSA) is 71.7 Å². The molecule has 96 valence electrons. The van der Waals surface area contributed by atoms with E-state index >= 15 is 0 Å². The van der Waals surface area contributed by atoms with Gasteiger partial charge in [0.2, 0.25) is 0 Å². The lowest BCUT2D eigenvalue weighted by molar-refractivity contribution is 0.0880. The summed E-state index contributed by atoms with van der Waals surface area (Å²) in [5.41, 5.74) is 0. The second-order valence-electron chi connectivity index (χ2n) is 4.12. The van der Waals surface area contributed by atoms with Crippen molar-refractivity contribution >= 4 is 5.91 Å². The highest BCUT2D eigenvalue weighted by molar-refractivity contribution is 5.91. The normalized spacial score (nSPS) is 14.4. The Hall–Kier alpha value is -1.33. The van der Waals surface area contributed by atoms with Gasteiger partial charge in [0.25, 0.3) is 5.91 Å². The van der Waals surface area contributed by atoms with Gasteiger partial charge < -0.3 is 19.6 Å². The van der Waals surface area contributed by atoms with E-state index in [2.05, 4.69) is 5.32 Å². The van der Waals surface area contributed by atoms with Gasteiger partial charge in [-0.25, -0.2) is 0 Å². The Bertz CT molecular complexity index is 361. The van der Waals surface area contributed by atoms with Crippen LogP contribution >= 0.6 is 0 Å². The average molecular weight is 241 g/mol. The minimum Gasteiger partial charge on any atom is -0.453 e. The second kappa shape index (κ2) is 6.42. The summed E-state index contributed by atoms with van der Waals surface area (Å²) in [6, 6.07) is 3.21. The first-order valence-electron chi connectivity index (χ1n) is 5.57. The fourth-order valence-electron chi connectivity index (χ4n) is 1.30. The van der Waals surface area contributed by atoms with E-state index < -0.39 is 0 Å². The molecule has 1 aromatic heterocycles. The van der Waals surface area contributed by atoms with Crippen LogP contribution in [-0.4, -0.2) is 30.8 Å². The summed E-state index contributed by atoms with van der Waals surface area (Å²) >= 11 is 0. The number of nitrogens with one attached hydrogen (secondary N) is 1. The summed E-state index contributed by atoms with van der Waals surface area (Å²) in [6.45, 7) is 4.09. The maximum atomic E-state index is 11.8. The van der Waals surface area contributed by atoms with Crippen LogP contribution in [0.3, 0.4) is 0 Å². The molecule has 5 heteroatoms. The van der Waals surface area contributed by atoms with Crippen LogP contribution in [0.5, 0.6) is 0 Å². The van der Waals surface area contributed by atoms with Crippen LogP contribution in [0.25, 0.3) is 0 Å². The van der Waals surface area contributed by atoms with E-state index in [4.69, 9.17) is 14.3 Å². The number of ether oxygens (including phenoxy) is 1. The van der Waals surface area contributed by atoms with Gasteiger partial charge in [-0.2, -0.15) is 0 Å². The molecule has 5 nitrogen and oxygen atoms in total. The zero-order chi connectivity index (χ0) is 12.8. The number of methoxy groups -OCH3 is 1. The number of carbonyl (C=O) groups excluding carboxylic acids is 1. The van der Waals surface area contributed by atoms with Crippen LogP contribution in [0, 0.1) is 5.92 Å². The van der Waals surface area contributed by atoms with E-state index in [1.54, 1.807) is 19.2 Å². The predicted octanol–water partition coefficient (Wildman–Crippen LogP) is 1.17. The summed E-state index contributed by atoms with van der Waals surface area (Å²) in [7, 11) is 1.56. The van der Waals surface area contributed by atoms with E-state index in [0.29, 0.717) is 12.4 Å². The first-order chi connectivity index (χ1) is 8.08. The predicted molar refractivity (Wildman–Crippen MR) is 62.6 cm³/mol. The fraction of sp³-hybridized carbons (Fsp3) is 0.583. The summed E-state index contributed by atoms with van der Waals surface area (Å²) in [5.74, 6) is 0.599. The van der Waals surface area contributed by atoms with E-state index in [9.17, 15) is 4.79 Å². The Kier molecular flexibility index (Phi) is 5.18. The highest BCUT2D eigenvalue weighted by Gasteiger charge is 2.17. The van der Waals surface area contributed by atoms with Crippen LogP contribution in [0.1, 0.15) is 30.2 Å². The molecule has 0 aliphatic carbocycles. The largest absolute Gasteiger partial charge is 0.453 e. The number of furan rings is 1. The maximum Gasteiger partial charge on any atom is 0.287 e. The van der Waals surface area contributed by atoms with Crippen LogP contribution in [0.15, 0.2) is 16.5 Å². The molecule has 2 N–H and O–H groups in total. The van der Waals surface area contributed by atoms with Crippen molar-refractivity contribution in [2.45, 2.75) is 26.5 Å². The summed E-state index contributed by atoms with van der Waals surface area (Å²) in [4.78, 5) is 11.8. The molecule has 0 radical (unpaired) electrons. The van der Waals surface area contributed by atoms with Crippen LogP contribution in [0.2, 0.25) is 0 Å². The lowest BCUT2D eigenvalue weighted by atomic mass is 10.1. The van der Waals surface area contributed by atoms with E-state index in [-0.39, 0.29) is 30.2 Å². The number of amides is 1. The first kappa shape index (κ1) is 13.7. The monoisotopic (exact) mass is 241 g/mol. The molecular weight excluding hydrogens is 222 g/mol. The van der Waals surface area contributed by atoms with Crippen molar-refractivity contribution in [3.05, 3.63) is 23.7 Å².